The lowest BCUT2D eigenvalue weighted by molar-refractivity contribution is 0.572. The summed E-state index contributed by atoms with van der Waals surface area (Å²) in [6.07, 6.45) is 2.72. The normalized spacial score (nSPS) is 13.0. The molecule has 0 fully saturated rings. The van der Waals surface area contributed by atoms with E-state index in [4.69, 9.17) is 4.42 Å². The maximum Gasteiger partial charge on any atom is 0.226 e. The van der Waals surface area contributed by atoms with Crippen molar-refractivity contribution in [3.05, 3.63) is 41.8 Å². The topological polar surface area (TPSA) is 62.5 Å². The molecule has 0 saturated heterocycles. The summed E-state index contributed by atoms with van der Waals surface area (Å²) in [5.74, 6) is 1.44. The van der Waals surface area contributed by atoms with Gasteiger partial charge in [0.2, 0.25) is 5.89 Å². The zero-order chi connectivity index (χ0) is 16.7. The van der Waals surface area contributed by atoms with Gasteiger partial charge in [-0.25, -0.2) is 9.98 Å². The third kappa shape index (κ3) is 5.13. The summed E-state index contributed by atoms with van der Waals surface area (Å²) < 4.78 is 5.56. The summed E-state index contributed by atoms with van der Waals surface area (Å²) >= 11 is 0. The van der Waals surface area contributed by atoms with Gasteiger partial charge in [0.15, 0.2) is 5.96 Å². The van der Waals surface area contributed by atoms with Crippen molar-refractivity contribution in [2.45, 2.75) is 46.7 Å². The highest BCUT2D eigenvalue weighted by atomic mass is 16.3. The molecule has 2 aromatic rings. The van der Waals surface area contributed by atoms with Gasteiger partial charge in [-0.2, -0.15) is 0 Å². The Morgan fingerprint density at radius 1 is 1.26 bits per heavy atom. The molecule has 23 heavy (non-hydrogen) atoms. The average molecular weight is 314 g/mol. The number of guanidine groups is 1. The minimum Gasteiger partial charge on any atom is -0.444 e. The molecule has 0 aliphatic carbocycles. The fraction of sp³-hybridized carbons (Fsp3) is 0.444. The summed E-state index contributed by atoms with van der Waals surface area (Å²) in [5, 5.41) is 6.61. The number of nitrogens with zero attached hydrogens (tertiary/aromatic N) is 2. The maximum absolute atomic E-state index is 5.56. The quantitative estimate of drug-likeness (QED) is 0.633. The predicted molar refractivity (Wildman–Crippen MR) is 94.4 cm³/mol. The first-order valence-corrected chi connectivity index (χ1v) is 8.18. The van der Waals surface area contributed by atoms with Crippen LogP contribution in [0.2, 0.25) is 0 Å². The molecule has 0 aliphatic heterocycles. The number of benzene rings is 1. The van der Waals surface area contributed by atoms with Crippen LogP contribution in [0.5, 0.6) is 0 Å². The van der Waals surface area contributed by atoms with Crippen LogP contribution in [0.1, 0.15) is 38.4 Å². The second-order valence-electron chi connectivity index (χ2n) is 5.66. The molecule has 0 amide bonds. The Morgan fingerprint density at radius 2 is 2.00 bits per heavy atom. The molecule has 0 aliphatic rings. The molecule has 2 N–H and O–H groups in total. The van der Waals surface area contributed by atoms with E-state index < -0.39 is 0 Å². The van der Waals surface area contributed by atoms with Gasteiger partial charge in [0, 0.05) is 18.2 Å². The smallest absolute Gasteiger partial charge is 0.226 e. The molecule has 5 nitrogen and oxygen atoms in total. The molecule has 5 heteroatoms. The maximum atomic E-state index is 5.56. The number of nitrogens with one attached hydrogen (secondary N) is 2. The van der Waals surface area contributed by atoms with E-state index in [-0.39, 0.29) is 0 Å². The first-order valence-electron chi connectivity index (χ1n) is 8.18. The van der Waals surface area contributed by atoms with E-state index in [0.29, 0.717) is 18.5 Å². The largest absolute Gasteiger partial charge is 0.444 e. The second kappa shape index (κ2) is 8.36. The van der Waals surface area contributed by atoms with Crippen molar-refractivity contribution >= 4 is 5.96 Å². The number of oxazole rings is 1. The van der Waals surface area contributed by atoms with E-state index in [0.717, 1.165) is 30.2 Å². The van der Waals surface area contributed by atoms with Gasteiger partial charge in [-0.3, -0.25) is 0 Å². The molecule has 1 unspecified atom stereocenters. The first kappa shape index (κ1) is 17.1. The molecule has 1 aromatic heterocycles. The summed E-state index contributed by atoms with van der Waals surface area (Å²) in [4.78, 5) is 9.08. The Bertz CT molecular complexity index is 631. The van der Waals surface area contributed by atoms with Gasteiger partial charge in [-0.15, -0.1) is 0 Å². The molecule has 0 spiro atoms. The lowest BCUT2D eigenvalue weighted by Gasteiger charge is -2.15. The number of hydrogen-bond donors (Lipinski definition) is 2. The van der Waals surface area contributed by atoms with Crippen LogP contribution < -0.4 is 10.6 Å². The Labute approximate surface area is 138 Å². The van der Waals surface area contributed by atoms with Crippen LogP contribution >= 0.6 is 0 Å². The summed E-state index contributed by atoms with van der Waals surface area (Å²) in [6, 6.07) is 8.52. The van der Waals surface area contributed by atoms with E-state index in [2.05, 4.69) is 60.4 Å². The summed E-state index contributed by atoms with van der Waals surface area (Å²) in [5.41, 5.74) is 3.02. The molecule has 124 valence electrons. The van der Waals surface area contributed by atoms with Crippen molar-refractivity contribution in [1.82, 2.24) is 15.6 Å². The Kier molecular flexibility index (Phi) is 6.20. The van der Waals surface area contributed by atoms with Crippen LogP contribution in [0.4, 0.5) is 0 Å². The van der Waals surface area contributed by atoms with Crippen LogP contribution in [-0.2, 0) is 6.54 Å². The highest BCUT2D eigenvalue weighted by molar-refractivity contribution is 5.80. The fourth-order valence-corrected chi connectivity index (χ4v) is 2.02. The van der Waals surface area contributed by atoms with Crippen LogP contribution in [0.25, 0.3) is 11.5 Å². The molecular weight excluding hydrogens is 288 g/mol. The van der Waals surface area contributed by atoms with Crippen molar-refractivity contribution in [2.75, 3.05) is 6.54 Å². The monoisotopic (exact) mass is 314 g/mol. The molecule has 1 aromatic carbocycles. The minimum atomic E-state index is 0.383. The third-order valence-corrected chi connectivity index (χ3v) is 3.59. The van der Waals surface area contributed by atoms with Crippen molar-refractivity contribution in [2.24, 2.45) is 4.99 Å². The highest BCUT2D eigenvalue weighted by Gasteiger charge is 2.07. The molecule has 1 heterocycles. The number of aromatic nitrogens is 1. The van der Waals surface area contributed by atoms with E-state index in [1.54, 1.807) is 6.26 Å². The number of aryl methyl sites for hydroxylation is 1. The van der Waals surface area contributed by atoms with Crippen LogP contribution in [-0.4, -0.2) is 23.5 Å². The molecular formula is C18H26N4O. The van der Waals surface area contributed by atoms with E-state index in [1.165, 1.54) is 5.56 Å². The Hall–Kier alpha value is -2.30. The Balaban J connectivity index is 2.04. The molecule has 0 bridgehead atoms. The lowest BCUT2D eigenvalue weighted by Crippen LogP contribution is -2.41. The van der Waals surface area contributed by atoms with E-state index in [1.807, 2.05) is 12.1 Å². The van der Waals surface area contributed by atoms with E-state index in [9.17, 15) is 0 Å². The van der Waals surface area contributed by atoms with E-state index >= 15 is 0 Å². The van der Waals surface area contributed by atoms with Gasteiger partial charge >= 0.3 is 0 Å². The lowest BCUT2D eigenvalue weighted by atomic mass is 10.1. The van der Waals surface area contributed by atoms with Crippen molar-refractivity contribution < 1.29 is 4.42 Å². The van der Waals surface area contributed by atoms with Gasteiger partial charge in [-0.1, -0.05) is 24.6 Å². The van der Waals surface area contributed by atoms with Gasteiger partial charge in [0.05, 0.1) is 6.54 Å². The standard InChI is InChI=1S/C18H26N4O/c1-5-14(4)21-18(19-6-2)20-11-16-12-23-17(22-16)15-9-7-13(3)8-10-15/h7-10,12,14H,5-6,11H2,1-4H3,(H2,19,20,21). The number of aliphatic imine (C=N–C) groups is 1. The van der Waals surface area contributed by atoms with Crippen molar-refractivity contribution in [3.8, 4) is 11.5 Å². The van der Waals surface area contributed by atoms with Crippen LogP contribution in [0, 0.1) is 6.92 Å². The second-order valence-corrected chi connectivity index (χ2v) is 5.66. The van der Waals surface area contributed by atoms with Crippen molar-refractivity contribution in [1.29, 1.82) is 0 Å². The van der Waals surface area contributed by atoms with Gasteiger partial charge < -0.3 is 15.1 Å². The minimum absolute atomic E-state index is 0.383. The Morgan fingerprint density at radius 3 is 2.65 bits per heavy atom. The molecule has 0 saturated carbocycles. The SMILES string of the molecule is CCNC(=NCc1coc(-c2ccc(C)cc2)n1)NC(C)CC. The zero-order valence-electron chi connectivity index (χ0n) is 14.4. The first-order chi connectivity index (χ1) is 11.1. The molecule has 0 radical (unpaired) electrons. The van der Waals surface area contributed by atoms with Crippen LogP contribution in [0.15, 0.2) is 39.9 Å². The molecule has 2 rings (SSSR count). The third-order valence-electron chi connectivity index (χ3n) is 3.59. The number of hydrogen-bond acceptors (Lipinski definition) is 3. The fourth-order valence-electron chi connectivity index (χ4n) is 2.02. The average Bonchev–Trinajstić information content (AvgIpc) is 3.02. The number of rotatable bonds is 6. The highest BCUT2D eigenvalue weighted by Crippen LogP contribution is 2.19. The van der Waals surface area contributed by atoms with Gasteiger partial charge in [-0.05, 0) is 39.3 Å². The molecule has 1 atom stereocenters. The van der Waals surface area contributed by atoms with Crippen LogP contribution in [0.3, 0.4) is 0 Å². The predicted octanol–water partition coefficient (Wildman–Crippen LogP) is 3.50. The zero-order valence-corrected chi connectivity index (χ0v) is 14.4. The summed E-state index contributed by atoms with van der Waals surface area (Å²) in [7, 11) is 0. The van der Waals surface area contributed by atoms with Crippen molar-refractivity contribution in [3.63, 3.8) is 0 Å². The summed E-state index contributed by atoms with van der Waals surface area (Å²) in [6.45, 7) is 9.72. The van der Waals surface area contributed by atoms with Gasteiger partial charge in [0.1, 0.15) is 12.0 Å². The van der Waals surface area contributed by atoms with Gasteiger partial charge in [0.25, 0.3) is 0 Å².